The van der Waals surface area contributed by atoms with Crippen LogP contribution in [0.4, 0.5) is 4.39 Å². The summed E-state index contributed by atoms with van der Waals surface area (Å²) in [5.74, 6) is -2.69. The Labute approximate surface area is 163 Å². The fourth-order valence-electron chi connectivity index (χ4n) is 2.48. The van der Waals surface area contributed by atoms with Crippen molar-refractivity contribution in [1.29, 1.82) is 0 Å². The molecule has 0 aliphatic rings. The van der Waals surface area contributed by atoms with Crippen LogP contribution >= 0.6 is 0 Å². The van der Waals surface area contributed by atoms with E-state index in [1.807, 2.05) is 0 Å². The normalized spacial score (nSPS) is 12.5. The fraction of sp³-hybridized carbons (Fsp3) is 0.263. The van der Waals surface area contributed by atoms with Gasteiger partial charge in [0.05, 0.1) is 0 Å². The molecule has 0 radical (unpaired) electrons. The zero-order valence-electron chi connectivity index (χ0n) is 15.7. The van der Waals surface area contributed by atoms with Crippen molar-refractivity contribution < 1.29 is 22.4 Å². The van der Waals surface area contributed by atoms with Gasteiger partial charge in [-0.25, -0.2) is 12.8 Å². The predicted molar refractivity (Wildman–Crippen MR) is 102 cm³/mol. The smallest absolute Gasteiger partial charge is 0.269 e. The summed E-state index contributed by atoms with van der Waals surface area (Å²) in [5, 5.41) is 0. The van der Waals surface area contributed by atoms with Gasteiger partial charge in [0.1, 0.15) is 16.8 Å². The summed E-state index contributed by atoms with van der Waals surface area (Å²) >= 11 is 0. The molecule has 150 valence electrons. The van der Waals surface area contributed by atoms with Gasteiger partial charge in [-0.2, -0.15) is 4.72 Å². The average molecular weight is 407 g/mol. The minimum Gasteiger partial charge on any atom is -0.271 e. The zero-order chi connectivity index (χ0) is 20.9. The maximum Gasteiger partial charge on any atom is 0.269 e. The van der Waals surface area contributed by atoms with E-state index in [9.17, 15) is 22.4 Å². The summed E-state index contributed by atoms with van der Waals surface area (Å²) in [6, 6.07) is 10.4. The molecule has 0 heterocycles. The lowest BCUT2D eigenvalue weighted by molar-refractivity contribution is -0.124. The van der Waals surface area contributed by atoms with Gasteiger partial charge in [-0.1, -0.05) is 44.2 Å². The molecule has 7 nitrogen and oxygen atoms in total. The van der Waals surface area contributed by atoms with E-state index >= 15 is 0 Å². The Morgan fingerprint density at radius 3 is 2.18 bits per heavy atom. The lowest BCUT2D eigenvalue weighted by atomic mass is 10.1. The summed E-state index contributed by atoms with van der Waals surface area (Å²) in [6.07, 6.45) is 0. The summed E-state index contributed by atoms with van der Waals surface area (Å²) in [4.78, 5) is 24.1. The highest BCUT2D eigenvalue weighted by atomic mass is 32.2. The van der Waals surface area contributed by atoms with Crippen molar-refractivity contribution in [3.8, 4) is 0 Å². The van der Waals surface area contributed by atoms with Crippen molar-refractivity contribution >= 4 is 21.8 Å². The first-order valence-electron chi connectivity index (χ1n) is 8.56. The predicted octanol–water partition coefficient (Wildman–Crippen LogP) is 1.90. The van der Waals surface area contributed by atoms with Gasteiger partial charge in [0.15, 0.2) is 0 Å². The van der Waals surface area contributed by atoms with Crippen LogP contribution < -0.4 is 15.6 Å². The van der Waals surface area contributed by atoms with Crippen LogP contribution in [0.15, 0.2) is 53.4 Å². The molecule has 0 unspecified atom stereocenters. The molecule has 0 spiro atoms. The van der Waals surface area contributed by atoms with Crippen molar-refractivity contribution in [2.24, 2.45) is 5.92 Å². The molecule has 0 fully saturated rings. The molecule has 0 aliphatic carbocycles. The molecule has 2 aromatic carbocycles. The fourth-order valence-corrected chi connectivity index (χ4v) is 3.90. The number of aryl methyl sites for hydroxylation is 1. The van der Waals surface area contributed by atoms with Crippen LogP contribution in [0.3, 0.4) is 0 Å². The Balaban J connectivity index is 2.11. The molecule has 2 rings (SSSR count). The minimum atomic E-state index is -4.28. The first-order valence-corrected chi connectivity index (χ1v) is 10.0. The molecule has 2 amide bonds. The summed E-state index contributed by atoms with van der Waals surface area (Å²) in [6.45, 7) is 4.99. The Kier molecular flexibility index (Phi) is 6.87. The van der Waals surface area contributed by atoms with Gasteiger partial charge in [-0.05, 0) is 36.6 Å². The number of halogens is 1. The van der Waals surface area contributed by atoms with E-state index in [-0.39, 0.29) is 0 Å². The monoisotopic (exact) mass is 407 g/mol. The number of nitrogens with one attached hydrogen (secondary N) is 3. The molecule has 0 bridgehead atoms. The maximum absolute atomic E-state index is 13.8. The molecule has 0 aromatic heterocycles. The van der Waals surface area contributed by atoms with Gasteiger partial charge in [-0.3, -0.25) is 20.4 Å². The topological polar surface area (TPSA) is 104 Å². The molecule has 0 aliphatic heterocycles. The quantitative estimate of drug-likeness (QED) is 0.636. The molecule has 3 N–H and O–H groups in total. The van der Waals surface area contributed by atoms with Crippen LogP contribution in [0.1, 0.15) is 29.8 Å². The second-order valence-corrected chi connectivity index (χ2v) is 8.21. The lowest BCUT2D eigenvalue weighted by Crippen LogP contribution is -2.54. The third-order valence-electron chi connectivity index (χ3n) is 4.05. The van der Waals surface area contributed by atoms with Gasteiger partial charge in [0, 0.05) is 5.56 Å². The van der Waals surface area contributed by atoms with Gasteiger partial charge in [0.25, 0.3) is 11.8 Å². The molecule has 28 heavy (non-hydrogen) atoms. The van der Waals surface area contributed by atoms with E-state index in [1.165, 1.54) is 12.1 Å². The third kappa shape index (κ3) is 5.14. The van der Waals surface area contributed by atoms with Crippen molar-refractivity contribution in [3.63, 3.8) is 0 Å². The Hall–Kier alpha value is -2.78. The van der Waals surface area contributed by atoms with Gasteiger partial charge >= 0.3 is 0 Å². The van der Waals surface area contributed by atoms with Gasteiger partial charge in [-0.15, -0.1) is 0 Å². The molecular formula is C19H22FN3O4S. The number of rotatable bonds is 6. The van der Waals surface area contributed by atoms with E-state index in [1.54, 1.807) is 45.0 Å². The van der Waals surface area contributed by atoms with Crippen LogP contribution in [-0.2, 0) is 14.8 Å². The van der Waals surface area contributed by atoms with E-state index in [0.717, 1.165) is 17.7 Å². The number of hydrogen-bond acceptors (Lipinski definition) is 4. The van der Waals surface area contributed by atoms with Crippen LogP contribution in [0.2, 0.25) is 0 Å². The molecule has 1 atom stereocenters. The van der Waals surface area contributed by atoms with E-state index in [2.05, 4.69) is 15.6 Å². The van der Waals surface area contributed by atoms with Crippen molar-refractivity contribution in [3.05, 3.63) is 65.5 Å². The first-order chi connectivity index (χ1) is 13.1. The van der Waals surface area contributed by atoms with Gasteiger partial charge in [0.2, 0.25) is 10.0 Å². The first kappa shape index (κ1) is 21.5. The van der Waals surface area contributed by atoms with E-state index in [0.29, 0.717) is 5.56 Å². The van der Waals surface area contributed by atoms with Gasteiger partial charge < -0.3 is 0 Å². The number of amides is 2. The van der Waals surface area contributed by atoms with Crippen LogP contribution in [-0.4, -0.2) is 26.3 Å². The minimum absolute atomic E-state index is 0.371. The maximum atomic E-state index is 13.8. The molecule has 9 heteroatoms. The number of carbonyl (C=O) groups excluding carboxylic acids is 2. The van der Waals surface area contributed by atoms with Crippen molar-refractivity contribution in [1.82, 2.24) is 15.6 Å². The molecule has 0 saturated carbocycles. The molecule has 2 aromatic rings. The number of hydrazine groups is 1. The second kappa shape index (κ2) is 8.94. The van der Waals surface area contributed by atoms with Crippen LogP contribution in [0, 0.1) is 18.7 Å². The van der Waals surface area contributed by atoms with Crippen molar-refractivity contribution in [2.45, 2.75) is 31.7 Å². The highest BCUT2D eigenvalue weighted by Crippen LogP contribution is 2.15. The largest absolute Gasteiger partial charge is 0.271 e. The standard InChI is InChI=1S/C19H22FN3O4S/c1-12(2)17(23-28(26,27)16-11-7-6-10-15(16)20)19(25)22-21-18(24)14-9-5-4-8-13(14)3/h4-12,17,23H,1-3H3,(H,21,24)(H,22,25)/t17-/m0/s1. The Morgan fingerprint density at radius 1 is 0.964 bits per heavy atom. The average Bonchev–Trinajstić information content (AvgIpc) is 2.64. The van der Waals surface area contributed by atoms with Crippen LogP contribution in [0.5, 0.6) is 0 Å². The highest BCUT2D eigenvalue weighted by Gasteiger charge is 2.30. The summed E-state index contributed by atoms with van der Waals surface area (Å²) in [7, 11) is -4.28. The third-order valence-corrected chi connectivity index (χ3v) is 5.52. The molecular weight excluding hydrogens is 385 g/mol. The number of hydrogen-bond donors (Lipinski definition) is 3. The zero-order valence-corrected chi connectivity index (χ0v) is 16.5. The SMILES string of the molecule is Cc1ccccc1C(=O)NNC(=O)[C@@H](NS(=O)(=O)c1ccccc1F)C(C)C. The summed E-state index contributed by atoms with van der Waals surface area (Å²) < 4.78 is 41.0. The Morgan fingerprint density at radius 2 is 1.57 bits per heavy atom. The number of carbonyl (C=O) groups is 2. The second-order valence-electron chi connectivity index (χ2n) is 6.53. The lowest BCUT2D eigenvalue weighted by Gasteiger charge is -2.22. The number of benzene rings is 2. The molecule has 0 saturated heterocycles. The van der Waals surface area contributed by atoms with E-state index < -0.39 is 44.5 Å². The van der Waals surface area contributed by atoms with E-state index in [4.69, 9.17) is 0 Å². The number of sulfonamides is 1. The Bertz CT molecular complexity index is 977. The van der Waals surface area contributed by atoms with Crippen molar-refractivity contribution in [2.75, 3.05) is 0 Å². The highest BCUT2D eigenvalue weighted by molar-refractivity contribution is 7.89. The van der Waals surface area contributed by atoms with Crippen LogP contribution in [0.25, 0.3) is 0 Å². The summed E-state index contributed by atoms with van der Waals surface area (Å²) in [5.41, 5.74) is 5.57.